The SMILES string of the molecule is CN(Cc1cnn(-c2ccccc2)c1)C(=O)C[NH+](C)CC(=O)Nc1cccc(F)c1. The zero-order valence-electron chi connectivity index (χ0n) is 17.0. The Kier molecular flexibility index (Phi) is 6.92. The molecule has 8 heteroatoms. The molecule has 2 amide bonds. The molecule has 1 atom stereocenters. The largest absolute Gasteiger partial charge is 0.336 e. The minimum Gasteiger partial charge on any atom is -0.336 e. The first-order chi connectivity index (χ1) is 14.4. The van der Waals surface area contributed by atoms with Gasteiger partial charge in [0.1, 0.15) is 5.82 Å². The number of hydrogen-bond acceptors (Lipinski definition) is 3. The Morgan fingerprint density at radius 2 is 1.90 bits per heavy atom. The van der Waals surface area contributed by atoms with Gasteiger partial charge >= 0.3 is 0 Å². The average molecular weight is 410 g/mol. The predicted molar refractivity (Wildman–Crippen MR) is 112 cm³/mol. The van der Waals surface area contributed by atoms with Crippen LogP contribution in [0.2, 0.25) is 0 Å². The number of halogens is 1. The van der Waals surface area contributed by atoms with Crippen LogP contribution in [0.4, 0.5) is 10.1 Å². The normalized spacial score (nSPS) is 11.7. The highest BCUT2D eigenvalue weighted by molar-refractivity contribution is 5.91. The molecule has 0 fully saturated rings. The number of hydrogen-bond donors (Lipinski definition) is 2. The first-order valence-electron chi connectivity index (χ1n) is 9.60. The van der Waals surface area contributed by atoms with Gasteiger partial charge in [-0.1, -0.05) is 24.3 Å². The number of anilines is 1. The Hall–Kier alpha value is -3.52. The number of benzene rings is 2. The van der Waals surface area contributed by atoms with Gasteiger partial charge in [-0.25, -0.2) is 9.07 Å². The molecule has 0 aliphatic carbocycles. The van der Waals surface area contributed by atoms with Crippen molar-refractivity contribution in [2.24, 2.45) is 0 Å². The molecule has 0 radical (unpaired) electrons. The predicted octanol–water partition coefficient (Wildman–Crippen LogP) is 1.12. The third-order valence-electron chi connectivity index (χ3n) is 4.53. The van der Waals surface area contributed by atoms with Crippen LogP contribution in [-0.4, -0.2) is 53.7 Å². The summed E-state index contributed by atoms with van der Waals surface area (Å²) in [6.07, 6.45) is 3.63. The zero-order chi connectivity index (χ0) is 21.5. The van der Waals surface area contributed by atoms with Crippen molar-refractivity contribution < 1.29 is 18.9 Å². The Balaban J connectivity index is 1.48. The van der Waals surface area contributed by atoms with Crippen LogP contribution in [0.3, 0.4) is 0 Å². The van der Waals surface area contributed by atoms with Gasteiger partial charge in [0.25, 0.3) is 11.8 Å². The first kappa shape index (κ1) is 21.2. The molecule has 0 aliphatic heterocycles. The maximum absolute atomic E-state index is 13.2. The highest BCUT2D eigenvalue weighted by Crippen LogP contribution is 2.09. The third-order valence-corrected chi connectivity index (χ3v) is 4.53. The summed E-state index contributed by atoms with van der Waals surface area (Å²) in [5, 5.41) is 6.98. The smallest absolute Gasteiger partial charge is 0.279 e. The van der Waals surface area contributed by atoms with Crippen LogP contribution in [0, 0.1) is 5.82 Å². The molecular weight excluding hydrogens is 385 g/mol. The lowest BCUT2D eigenvalue weighted by atomic mass is 10.3. The van der Waals surface area contributed by atoms with E-state index in [9.17, 15) is 14.0 Å². The second-order valence-corrected chi connectivity index (χ2v) is 7.25. The van der Waals surface area contributed by atoms with E-state index in [0.29, 0.717) is 12.2 Å². The fourth-order valence-corrected chi connectivity index (χ4v) is 3.03. The molecule has 2 N–H and O–H groups in total. The van der Waals surface area contributed by atoms with Crippen LogP contribution in [0.15, 0.2) is 67.0 Å². The number of carbonyl (C=O) groups excluding carboxylic acids is 2. The minimum atomic E-state index is -0.416. The summed E-state index contributed by atoms with van der Waals surface area (Å²) in [6.45, 7) is 0.691. The van der Waals surface area contributed by atoms with Crippen molar-refractivity contribution in [3.8, 4) is 5.69 Å². The van der Waals surface area contributed by atoms with E-state index < -0.39 is 5.82 Å². The summed E-state index contributed by atoms with van der Waals surface area (Å²) in [4.78, 5) is 27.0. The lowest BCUT2D eigenvalue weighted by Crippen LogP contribution is -3.11. The van der Waals surface area contributed by atoms with E-state index in [1.54, 1.807) is 35.9 Å². The number of nitrogens with one attached hydrogen (secondary N) is 2. The van der Waals surface area contributed by atoms with Crippen LogP contribution < -0.4 is 10.2 Å². The monoisotopic (exact) mass is 410 g/mol. The number of amides is 2. The molecule has 3 aromatic rings. The van der Waals surface area contributed by atoms with Crippen molar-refractivity contribution in [1.29, 1.82) is 0 Å². The molecule has 0 bridgehead atoms. The second kappa shape index (κ2) is 9.80. The number of quaternary nitrogens is 1. The van der Waals surface area contributed by atoms with Gasteiger partial charge in [0.2, 0.25) is 0 Å². The lowest BCUT2D eigenvalue weighted by Gasteiger charge is -2.19. The number of aromatic nitrogens is 2. The van der Waals surface area contributed by atoms with Crippen LogP contribution in [0.25, 0.3) is 5.69 Å². The molecule has 0 spiro atoms. The van der Waals surface area contributed by atoms with E-state index in [-0.39, 0.29) is 24.9 Å². The van der Waals surface area contributed by atoms with Gasteiger partial charge < -0.3 is 15.1 Å². The van der Waals surface area contributed by atoms with Crippen molar-refractivity contribution in [2.75, 3.05) is 32.5 Å². The van der Waals surface area contributed by atoms with Gasteiger partial charge in [0.15, 0.2) is 13.1 Å². The quantitative estimate of drug-likeness (QED) is 0.585. The highest BCUT2D eigenvalue weighted by Gasteiger charge is 2.18. The molecule has 0 aliphatic rings. The molecule has 0 saturated carbocycles. The fraction of sp³-hybridized carbons (Fsp3) is 0.227. The van der Waals surface area contributed by atoms with E-state index in [4.69, 9.17) is 0 Å². The number of likely N-dealkylation sites (N-methyl/N-ethyl adjacent to an activating group) is 2. The first-order valence-corrected chi connectivity index (χ1v) is 9.60. The topological polar surface area (TPSA) is 71.7 Å². The lowest BCUT2D eigenvalue weighted by molar-refractivity contribution is -0.862. The molecule has 7 nitrogen and oxygen atoms in total. The molecule has 1 aromatic heterocycles. The summed E-state index contributed by atoms with van der Waals surface area (Å²) in [5.74, 6) is -0.780. The molecule has 156 valence electrons. The van der Waals surface area contributed by atoms with Gasteiger partial charge in [0.05, 0.1) is 18.9 Å². The van der Waals surface area contributed by atoms with E-state index in [0.717, 1.165) is 16.2 Å². The summed E-state index contributed by atoms with van der Waals surface area (Å²) in [7, 11) is 3.49. The Morgan fingerprint density at radius 1 is 1.13 bits per heavy atom. The van der Waals surface area contributed by atoms with Gasteiger partial charge in [-0.3, -0.25) is 9.59 Å². The maximum atomic E-state index is 13.2. The second-order valence-electron chi connectivity index (χ2n) is 7.25. The van der Waals surface area contributed by atoms with Crippen molar-refractivity contribution in [3.63, 3.8) is 0 Å². The number of carbonyl (C=O) groups is 2. The number of rotatable bonds is 8. The van der Waals surface area contributed by atoms with Crippen LogP contribution in [0.1, 0.15) is 5.56 Å². The van der Waals surface area contributed by atoms with E-state index >= 15 is 0 Å². The van der Waals surface area contributed by atoms with Crippen LogP contribution in [0.5, 0.6) is 0 Å². The average Bonchev–Trinajstić information content (AvgIpc) is 3.17. The summed E-state index contributed by atoms with van der Waals surface area (Å²) in [5.41, 5.74) is 2.26. The number of nitrogens with zero attached hydrogens (tertiary/aromatic N) is 3. The molecule has 1 heterocycles. The summed E-state index contributed by atoms with van der Waals surface area (Å²) >= 11 is 0. The van der Waals surface area contributed by atoms with E-state index in [1.165, 1.54) is 18.2 Å². The zero-order valence-corrected chi connectivity index (χ0v) is 17.0. The third kappa shape index (κ3) is 5.99. The van der Waals surface area contributed by atoms with Crippen molar-refractivity contribution in [3.05, 3.63) is 78.4 Å². The van der Waals surface area contributed by atoms with Gasteiger partial charge in [-0.05, 0) is 30.3 Å². The van der Waals surface area contributed by atoms with Gasteiger partial charge in [-0.15, -0.1) is 0 Å². The summed E-state index contributed by atoms with van der Waals surface area (Å²) in [6, 6.07) is 15.4. The Bertz CT molecular complexity index is 1010. The molecule has 0 saturated heterocycles. The molecular formula is C22H25FN5O2+. The van der Waals surface area contributed by atoms with Gasteiger partial charge in [0, 0.05) is 31.0 Å². The fourth-order valence-electron chi connectivity index (χ4n) is 3.03. The highest BCUT2D eigenvalue weighted by atomic mass is 19.1. The van der Waals surface area contributed by atoms with Crippen LogP contribution >= 0.6 is 0 Å². The van der Waals surface area contributed by atoms with Crippen molar-refractivity contribution >= 4 is 17.5 Å². The molecule has 30 heavy (non-hydrogen) atoms. The van der Waals surface area contributed by atoms with E-state index in [1.807, 2.05) is 36.5 Å². The van der Waals surface area contributed by atoms with E-state index in [2.05, 4.69) is 10.4 Å². The molecule has 3 rings (SSSR count). The van der Waals surface area contributed by atoms with Crippen molar-refractivity contribution in [2.45, 2.75) is 6.54 Å². The van der Waals surface area contributed by atoms with Crippen molar-refractivity contribution in [1.82, 2.24) is 14.7 Å². The molecule has 1 unspecified atom stereocenters. The van der Waals surface area contributed by atoms with Gasteiger partial charge in [-0.2, -0.15) is 5.10 Å². The Labute approximate surface area is 174 Å². The standard InChI is InChI=1S/C22H24FN5O2/c1-26(15-21(29)25-19-8-6-7-18(23)11-19)16-22(30)27(2)13-17-12-24-28(14-17)20-9-4-3-5-10-20/h3-12,14H,13,15-16H2,1-2H3,(H,25,29)/p+1. The molecule has 2 aromatic carbocycles. The number of para-hydroxylation sites is 1. The van der Waals surface area contributed by atoms with Crippen LogP contribution in [-0.2, 0) is 16.1 Å². The Morgan fingerprint density at radius 3 is 2.63 bits per heavy atom. The maximum Gasteiger partial charge on any atom is 0.279 e. The summed E-state index contributed by atoms with van der Waals surface area (Å²) < 4.78 is 15.0. The minimum absolute atomic E-state index is 0.0847.